The Morgan fingerprint density at radius 1 is 1.12 bits per heavy atom. The minimum atomic E-state index is -3.47. The van der Waals surface area contributed by atoms with E-state index in [9.17, 15) is 17.6 Å². The number of para-hydroxylation sites is 1. The third-order valence-electron chi connectivity index (χ3n) is 3.64. The van der Waals surface area contributed by atoms with E-state index in [1.165, 1.54) is 29.5 Å². The summed E-state index contributed by atoms with van der Waals surface area (Å²) in [7, 11) is -3.47. The smallest absolute Gasteiger partial charge is 0.266 e. The summed E-state index contributed by atoms with van der Waals surface area (Å²) in [5.74, 6) is -0.832. The number of hydrogen-bond acceptors (Lipinski definition) is 4. The first-order valence-corrected chi connectivity index (χ1v) is 9.78. The molecule has 4 nitrogen and oxygen atoms in total. The molecule has 1 N–H and O–H groups in total. The van der Waals surface area contributed by atoms with Crippen molar-refractivity contribution in [2.24, 2.45) is 0 Å². The first-order chi connectivity index (χ1) is 11.3. The zero-order chi connectivity index (χ0) is 17.5. The van der Waals surface area contributed by atoms with Gasteiger partial charge >= 0.3 is 0 Å². The van der Waals surface area contributed by atoms with Gasteiger partial charge in [-0.2, -0.15) is 0 Å². The molecule has 0 spiro atoms. The minimum Gasteiger partial charge on any atom is -0.320 e. The van der Waals surface area contributed by atoms with Crippen molar-refractivity contribution in [3.8, 4) is 0 Å². The van der Waals surface area contributed by atoms with E-state index in [1.54, 1.807) is 31.2 Å². The number of nitrogens with one attached hydrogen (secondary N) is 1. The zero-order valence-electron chi connectivity index (χ0n) is 13.0. The molecule has 1 heterocycles. The fraction of sp³-hybridized carbons (Fsp3) is 0.118. The Labute approximate surface area is 142 Å². The van der Waals surface area contributed by atoms with Gasteiger partial charge in [0.15, 0.2) is 9.84 Å². The predicted octanol–water partition coefficient (Wildman–Crippen LogP) is 4.00. The highest BCUT2D eigenvalue weighted by molar-refractivity contribution is 7.90. The maximum Gasteiger partial charge on any atom is 0.266 e. The number of sulfone groups is 1. The van der Waals surface area contributed by atoms with Crippen LogP contribution in [0.25, 0.3) is 10.1 Å². The third-order valence-corrected chi connectivity index (χ3v) is 6.05. The Hall–Kier alpha value is -2.25. The highest BCUT2D eigenvalue weighted by Gasteiger charge is 2.20. The molecular formula is C17H14FNO3S2. The van der Waals surface area contributed by atoms with Gasteiger partial charge in [0.2, 0.25) is 0 Å². The number of benzene rings is 2. The fourth-order valence-corrected chi connectivity index (χ4v) is 4.50. The number of fused-ring (bicyclic) bond motifs is 1. The molecular weight excluding hydrogens is 349 g/mol. The zero-order valence-corrected chi connectivity index (χ0v) is 14.6. The second-order valence-electron chi connectivity index (χ2n) is 5.39. The first kappa shape index (κ1) is 16.6. The van der Waals surface area contributed by atoms with Crippen LogP contribution in [0.4, 0.5) is 10.1 Å². The Kier molecular flexibility index (Phi) is 4.15. The van der Waals surface area contributed by atoms with Crippen molar-refractivity contribution in [3.05, 3.63) is 58.7 Å². The molecule has 7 heteroatoms. The molecule has 0 aliphatic carbocycles. The molecule has 0 saturated carbocycles. The molecule has 2 aromatic carbocycles. The summed E-state index contributed by atoms with van der Waals surface area (Å²) in [6.45, 7) is 1.68. The van der Waals surface area contributed by atoms with Crippen LogP contribution in [0.3, 0.4) is 0 Å². The monoisotopic (exact) mass is 363 g/mol. The van der Waals surface area contributed by atoms with Crippen LogP contribution in [0.2, 0.25) is 0 Å². The van der Waals surface area contributed by atoms with Crippen LogP contribution in [0.1, 0.15) is 15.2 Å². The Morgan fingerprint density at radius 2 is 1.83 bits per heavy atom. The molecule has 0 radical (unpaired) electrons. The number of amides is 1. The van der Waals surface area contributed by atoms with Crippen LogP contribution in [-0.4, -0.2) is 20.6 Å². The van der Waals surface area contributed by atoms with Gasteiger partial charge < -0.3 is 5.32 Å². The number of thiophene rings is 1. The summed E-state index contributed by atoms with van der Waals surface area (Å²) in [6, 6.07) is 10.9. The van der Waals surface area contributed by atoms with Gasteiger partial charge in [0.1, 0.15) is 5.82 Å². The fourth-order valence-electron chi connectivity index (χ4n) is 2.54. The van der Waals surface area contributed by atoms with Gasteiger partial charge in [0.25, 0.3) is 5.91 Å². The molecule has 1 amide bonds. The molecule has 0 bridgehead atoms. The van der Waals surface area contributed by atoms with Crippen LogP contribution < -0.4 is 5.32 Å². The maximum absolute atomic E-state index is 14.0. The molecule has 3 rings (SSSR count). The standard InChI is InChI=1S/C17H14FNO3S2/c1-10-15-11(18)6-5-8-13(15)23-16(10)17(20)19-12-7-3-4-9-14(12)24(2,21)22/h3-9H,1-2H3,(H,19,20). The predicted molar refractivity (Wildman–Crippen MR) is 94.0 cm³/mol. The van der Waals surface area contributed by atoms with E-state index in [-0.39, 0.29) is 16.4 Å². The van der Waals surface area contributed by atoms with Gasteiger partial charge in [-0.15, -0.1) is 11.3 Å². The van der Waals surface area contributed by atoms with Gasteiger partial charge in [0.05, 0.1) is 15.5 Å². The quantitative estimate of drug-likeness (QED) is 0.765. The van der Waals surface area contributed by atoms with E-state index in [1.807, 2.05) is 0 Å². The number of carbonyl (C=O) groups excluding carboxylic acids is 1. The number of rotatable bonds is 3. The van der Waals surface area contributed by atoms with Crippen molar-refractivity contribution in [1.82, 2.24) is 0 Å². The number of hydrogen-bond donors (Lipinski definition) is 1. The normalized spacial score (nSPS) is 11.6. The highest BCUT2D eigenvalue weighted by Crippen LogP contribution is 2.33. The van der Waals surface area contributed by atoms with Crippen molar-refractivity contribution in [2.75, 3.05) is 11.6 Å². The summed E-state index contributed by atoms with van der Waals surface area (Å²) < 4.78 is 38.3. The van der Waals surface area contributed by atoms with E-state index in [2.05, 4.69) is 5.32 Å². The Balaban J connectivity index is 2.04. The number of anilines is 1. The second kappa shape index (κ2) is 5.99. The van der Waals surface area contributed by atoms with Crippen molar-refractivity contribution >= 4 is 42.9 Å². The summed E-state index contributed by atoms with van der Waals surface area (Å²) in [5.41, 5.74) is 0.754. The number of aryl methyl sites for hydroxylation is 1. The van der Waals surface area contributed by atoms with Crippen molar-refractivity contribution in [3.63, 3.8) is 0 Å². The van der Waals surface area contributed by atoms with E-state index < -0.39 is 15.7 Å². The van der Waals surface area contributed by atoms with Gasteiger partial charge in [0, 0.05) is 16.3 Å². The topological polar surface area (TPSA) is 63.2 Å². The van der Waals surface area contributed by atoms with Crippen LogP contribution in [0.5, 0.6) is 0 Å². The number of carbonyl (C=O) groups is 1. The molecule has 0 saturated heterocycles. The summed E-state index contributed by atoms with van der Waals surface area (Å²) >= 11 is 1.18. The lowest BCUT2D eigenvalue weighted by Crippen LogP contribution is -2.14. The molecule has 24 heavy (non-hydrogen) atoms. The molecule has 0 atom stereocenters. The van der Waals surface area contributed by atoms with E-state index in [0.717, 1.165) is 6.26 Å². The maximum atomic E-state index is 14.0. The van der Waals surface area contributed by atoms with Gasteiger partial charge in [-0.3, -0.25) is 4.79 Å². The van der Waals surface area contributed by atoms with Crippen molar-refractivity contribution < 1.29 is 17.6 Å². The van der Waals surface area contributed by atoms with Crippen LogP contribution >= 0.6 is 11.3 Å². The summed E-state index contributed by atoms with van der Waals surface area (Å²) in [4.78, 5) is 13.0. The highest BCUT2D eigenvalue weighted by atomic mass is 32.2. The average molecular weight is 363 g/mol. The lowest BCUT2D eigenvalue weighted by Gasteiger charge is -2.09. The number of halogens is 1. The molecule has 0 aliphatic rings. The summed E-state index contributed by atoms with van der Waals surface area (Å²) in [5, 5.41) is 3.04. The van der Waals surface area contributed by atoms with E-state index in [0.29, 0.717) is 20.5 Å². The lowest BCUT2D eigenvalue weighted by molar-refractivity contribution is 0.103. The first-order valence-electron chi connectivity index (χ1n) is 7.07. The van der Waals surface area contributed by atoms with Crippen LogP contribution in [-0.2, 0) is 9.84 Å². The molecule has 124 valence electrons. The van der Waals surface area contributed by atoms with E-state index >= 15 is 0 Å². The molecule has 1 aromatic heterocycles. The van der Waals surface area contributed by atoms with Gasteiger partial charge in [-0.25, -0.2) is 12.8 Å². The average Bonchev–Trinajstić information content (AvgIpc) is 2.85. The van der Waals surface area contributed by atoms with Crippen molar-refractivity contribution in [1.29, 1.82) is 0 Å². The third kappa shape index (κ3) is 2.92. The molecule has 0 unspecified atom stereocenters. The van der Waals surface area contributed by atoms with Crippen LogP contribution in [0, 0.1) is 12.7 Å². The second-order valence-corrected chi connectivity index (χ2v) is 8.43. The Morgan fingerprint density at radius 3 is 2.50 bits per heavy atom. The largest absolute Gasteiger partial charge is 0.320 e. The SMILES string of the molecule is Cc1c(C(=O)Nc2ccccc2S(C)(=O)=O)sc2cccc(F)c12. The summed E-state index contributed by atoms with van der Waals surface area (Å²) in [6.07, 6.45) is 1.08. The molecule has 3 aromatic rings. The molecule has 0 fully saturated rings. The minimum absolute atomic E-state index is 0.0447. The van der Waals surface area contributed by atoms with Crippen LogP contribution in [0.15, 0.2) is 47.4 Å². The van der Waals surface area contributed by atoms with Crippen molar-refractivity contribution in [2.45, 2.75) is 11.8 Å². The van der Waals surface area contributed by atoms with Gasteiger partial charge in [-0.05, 0) is 36.8 Å². The lowest BCUT2D eigenvalue weighted by atomic mass is 10.1. The van der Waals surface area contributed by atoms with Gasteiger partial charge in [-0.1, -0.05) is 18.2 Å². The molecule has 0 aliphatic heterocycles. The van der Waals surface area contributed by atoms with E-state index in [4.69, 9.17) is 0 Å². The Bertz CT molecular complexity index is 1050.